The van der Waals surface area contributed by atoms with Crippen LogP contribution in [0.25, 0.3) is 9.75 Å². The molecule has 0 N–H and O–H groups in total. The lowest BCUT2D eigenvalue weighted by atomic mass is 10.4. The second-order valence-electron chi connectivity index (χ2n) is 3.15. The minimum atomic E-state index is 0.549. The van der Waals surface area contributed by atoms with Gasteiger partial charge in [-0.2, -0.15) is 0 Å². The predicted molar refractivity (Wildman–Crippen MR) is 79.4 cm³/mol. The summed E-state index contributed by atoms with van der Waals surface area (Å²) in [6.07, 6.45) is 0. The van der Waals surface area contributed by atoms with Crippen molar-refractivity contribution >= 4 is 60.1 Å². The summed E-state index contributed by atoms with van der Waals surface area (Å²) < 4.78 is 0.710. The van der Waals surface area contributed by atoms with Crippen molar-refractivity contribution in [3.05, 3.63) is 33.6 Å². The second-order valence-corrected chi connectivity index (χ2v) is 7.39. The molecule has 0 fully saturated rings. The summed E-state index contributed by atoms with van der Waals surface area (Å²) in [5.41, 5.74) is 0. The van der Waals surface area contributed by atoms with Gasteiger partial charge in [-0.1, -0.05) is 17.4 Å². The fourth-order valence-corrected chi connectivity index (χ4v) is 3.83. The van der Waals surface area contributed by atoms with E-state index in [-0.39, 0.29) is 0 Å². The number of halogens is 1. The highest BCUT2D eigenvalue weighted by molar-refractivity contribution is 9.11. The Morgan fingerprint density at radius 3 is 2.67 bits per heavy atom. The van der Waals surface area contributed by atoms with Gasteiger partial charge >= 0.3 is 0 Å². The molecule has 3 aromatic heterocycles. The Kier molecular flexibility index (Phi) is 3.59. The fourth-order valence-electron chi connectivity index (χ4n) is 1.26. The van der Waals surface area contributed by atoms with E-state index in [1.54, 1.807) is 22.7 Å². The summed E-state index contributed by atoms with van der Waals surface area (Å²) in [6.45, 7) is 0. The van der Waals surface area contributed by atoms with Gasteiger partial charge in [0.05, 0.1) is 0 Å². The molecule has 0 aromatic carbocycles. The van der Waals surface area contributed by atoms with E-state index in [1.807, 2.05) is 12.1 Å². The second kappa shape index (κ2) is 5.35. The zero-order valence-electron chi connectivity index (χ0n) is 8.78. The summed E-state index contributed by atoms with van der Waals surface area (Å²) in [4.78, 5) is 2.46. The Bertz CT molecular complexity index is 671. The molecule has 0 saturated heterocycles. The van der Waals surface area contributed by atoms with Crippen LogP contribution in [0.2, 0.25) is 0 Å². The van der Waals surface area contributed by atoms with Crippen molar-refractivity contribution in [2.75, 3.05) is 0 Å². The molecule has 18 heavy (non-hydrogen) atoms. The van der Waals surface area contributed by atoms with Crippen LogP contribution in [-0.4, -0.2) is 10.2 Å². The number of aromatic nitrogens is 2. The van der Waals surface area contributed by atoms with E-state index in [9.17, 15) is 0 Å². The van der Waals surface area contributed by atoms with Crippen molar-refractivity contribution in [3.8, 4) is 9.75 Å². The van der Waals surface area contributed by atoms with Crippen molar-refractivity contribution in [2.24, 2.45) is 10.2 Å². The first kappa shape index (κ1) is 12.1. The molecule has 0 radical (unpaired) electrons. The molecule has 90 valence electrons. The third-order valence-electron chi connectivity index (χ3n) is 1.98. The topological polar surface area (TPSA) is 50.5 Å². The van der Waals surface area contributed by atoms with Crippen LogP contribution in [0.5, 0.6) is 0 Å². The van der Waals surface area contributed by atoms with Crippen molar-refractivity contribution in [1.29, 1.82) is 0 Å². The van der Waals surface area contributed by atoms with Crippen molar-refractivity contribution in [1.82, 2.24) is 10.2 Å². The smallest absolute Gasteiger partial charge is 0.143 e. The van der Waals surface area contributed by atoms with Crippen LogP contribution in [0.4, 0.5) is 10.1 Å². The molecular weight excluding hydrogens is 352 g/mol. The molecule has 0 aliphatic carbocycles. The maximum Gasteiger partial charge on any atom is 0.252 e. The Labute approximate surface area is 123 Å². The molecule has 0 bridgehead atoms. The van der Waals surface area contributed by atoms with Crippen LogP contribution in [0.15, 0.2) is 43.8 Å². The molecule has 3 aromatic rings. The van der Waals surface area contributed by atoms with Gasteiger partial charge in [0.1, 0.15) is 5.00 Å². The van der Waals surface area contributed by atoms with Gasteiger partial charge in [-0.3, -0.25) is 0 Å². The van der Waals surface area contributed by atoms with E-state index < -0.39 is 0 Å². The highest BCUT2D eigenvalue weighted by atomic mass is 79.9. The van der Waals surface area contributed by atoms with Crippen LogP contribution in [0.1, 0.15) is 0 Å². The van der Waals surface area contributed by atoms with E-state index in [0.29, 0.717) is 9.05 Å². The normalized spacial score (nSPS) is 11.4. The SMILES string of the molecule is Brc1nnc(/N=N/c2ccc(-c3cccs3)s2)s1. The molecule has 4 nitrogen and oxygen atoms in total. The first-order chi connectivity index (χ1) is 8.81. The number of nitrogens with zero attached hydrogens (tertiary/aromatic N) is 4. The molecule has 0 unspecified atom stereocenters. The lowest BCUT2D eigenvalue weighted by Crippen LogP contribution is -1.63. The first-order valence-corrected chi connectivity index (χ1v) is 8.16. The van der Waals surface area contributed by atoms with Gasteiger partial charge in [0.2, 0.25) is 0 Å². The summed E-state index contributed by atoms with van der Waals surface area (Å²) in [5.74, 6) is 0. The average Bonchev–Trinajstić information content (AvgIpc) is 3.07. The Balaban J connectivity index is 1.80. The van der Waals surface area contributed by atoms with Gasteiger partial charge in [-0.15, -0.1) is 43.1 Å². The van der Waals surface area contributed by atoms with Gasteiger partial charge in [-0.05, 0) is 39.5 Å². The lowest BCUT2D eigenvalue weighted by Gasteiger charge is -1.86. The van der Waals surface area contributed by atoms with Crippen molar-refractivity contribution in [3.63, 3.8) is 0 Å². The van der Waals surface area contributed by atoms with E-state index >= 15 is 0 Å². The maximum absolute atomic E-state index is 4.16. The highest BCUT2D eigenvalue weighted by Gasteiger charge is 2.03. The number of rotatable bonds is 3. The Morgan fingerprint density at radius 1 is 1.00 bits per heavy atom. The maximum atomic E-state index is 4.16. The molecule has 8 heteroatoms. The summed E-state index contributed by atoms with van der Waals surface area (Å²) in [5, 5.41) is 19.3. The predicted octanol–water partition coefficient (Wildman–Crippen LogP) is 5.51. The van der Waals surface area contributed by atoms with E-state index in [0.717, 1.165) is 5.00 Å². The Morgan fingerprint density at radius 2 is 1.94 bits per heavy atom. The number of hydrogen-bond donors (Lipinski definition) is 0. The van der Waals surface area contributed by atoms with Gasteiger partial charge in [-0.25, -0.2) is 0 Å². The first-order valence-electron chi connectivity index (χ1n) is 4.86. The number of hydrogen-bond acceptors (Lipinski definition) is 7. The minimum Gasteiger partial charge on any atom is -0.143 e. The average molecular weight is 357 g/mol. The molecule has 0 saturated carbocycles. The highest BCUT2D eigenvalue weighted by Crippen LogP contribution is 2.36. The van der Waals surface area contributed by atoms with Crippen molar-refractivity contribution in [2.45, 2.75) is 0 Å². The van der Waals surface area contributed by atoms with Gasteiger partial charge in [0.25, 0.3) is 5.13 Å². The van der Waals surface area contributed by atoms with Crippen LogP contribution in [0, 0.1) is 0 Å². The van der Waals surface area contributed by atoms with E-state index in [2.05, 4.69) is 53.9 Å². The quantitative estimate of drug-likeness (QED) is 0.581. The minimum absolute atomic E-state index is 0.549. The molecule has 0 aliphatic heterocycles. The number of azo groups is 1. The molecule has 0 amide bonds. The molecule has 3 heterocycles. The van der Waals surface area contributed by atoms with Gasteiger partial charge < -0.3 is 0 Å². The van der Waals surface area contributed by atoms with Crippen LogP contribution < -0.4 is 0 Å². The largest absolute Gasteiger partial charge is 0.252 e. The third kappa shape index (κ3) is 2.72. The molecular formula is C10H5BrN4S3. The Hall–Kier alpha value is -0.960. The zero-order chi connectivity index (χ0) is 12.4. The summed E-state index contributed by atoms with van der Waals surface area (Å²) >= 11 is 7.92. The molecule has 0 spiro atoms. The van der Waals surface area contributed by atoms with Gasteiger partial charge in [0, 0.05) is 9.75 Å². The van der Waals surface area contributed by atoms with Crippen LogP contribution in [-0.2, 0) is 0 Å². The van der Waals surface area contributed by atoms with Crippen LogP contribution in [0.3, 0.4) is 0 Å². The molecule has 3 rings (SSSR count). The molecule has 0 aliphatic rings. The summed E-state index contributed by atoms with van der Waals surface area (Å²) in [6, 6.07) is 8.15. The lowest BCUT2D eigenvalue weighted by molar-refractivity contribution is 1.04. The number of thiophene rings is 2. The molecule has 0 atom stereocenters. The summed E-state index contributed by atoms with van der Waals surface area (Å²) in [7, 11) is 0. The third-order valence-corrected chi connectivity index (χ3v) is 5.25. The zero-order valence-corrected chi connectivity index (χ0v) is 12.8. The van der Waals surface area contributed by atoms with Crippen LogP contribution >= 0.6 is 49.9 Å². The van der Waals surface area contributed by atoms with E-state index in [4.69, 9.17) is 0 Å². The monoisotopic (exact) mass is 356 g/mol. The standard InChI is InChI=1S/C10H5BrN4S3/c11-9-13-15-10(18-9)14-12-8-4-3-7(17-8)6-2-1-5-16-6/h1-5H/b14-12+. The van der Waals surface area contributed by atoms with Crippen molar-refractivity contribution < 1.29 is 0 Å². The fraction of sp³-hybridized carbons (Fsp3) is 0. The van der Waals surface area contributed by atoms with E-state index in [1.165, 1.54) is 21.1 Å². The van der Waals surface area contributed by atoms with Gasteiger partial charge in [0.15, 0.2) is 3.92 Å².